The molecule has 0 radical (unpaired) electrons. The number of halogens is 4. The molecule has 26 heavy (non-hydrogen) atoms. The number of hydrogen-bond acceptors (Lipinski definition) is 2. The number of alkyl halides is 3. The normalized spacial score (nSPS) is 15.0. The van der Waals surface area contributed by atoms with Crippen LogP contribution in [0.2, 0.25) is 5.02 Å². The van der Waals surface area contributed by atoms with Gasteiger partial charge in [-0.2, -0.15) is 13.2 Å². The lowest BCUT2D eigenvalue weighted by Crippen LogP contribution is -2.29. The fraction of sp³-hybridized carbons (Fsp3) is 0.316. The first kappa shape index (κ1) is 18.6. The highest BCUT2D eigenvalue weighted by molar-refractivity contribution is 6.30. The van der Waals surface area contributed by atoms with Crippen LogP contribution >= 0.6 is 11.6 Å². The number of carbonyl (C=O) groups excluding carboxylic acids is 1. The summed E-state index contributed by atoms with van der Waals surface area (Å²) in [5.41, 5.74) is 0.0350. The van der Waals surface area contributed by atoms with E-state index in [-0.39, 0.29) is 10.7 Å². The lowest BCUT2D eigenvalue weighted by molar-refractivity contribution is -0.136. The Hall–Kier alpha value is -2.21. The van der Waals surface area contributed by atoms with Gasteiger partial charge in [0, 0.05) is 29.4 Å². The monoisotopic (exact) mass is 382 g/mol. The number of carbonyl (C=O) groups is 1. The highest BCUT2D eigenvalue weighted by Gasteiger charge is 2.34. The Morgan fingerprint density at radius 1 is 1.00 bits per heavy atom. The zero-order valence-corrected chi connectivity index (χ0v) is 14.7. The molecule has 2 aromatic carbocycles. The number of amides is 1. The van der Waals surface area contributed by atoms with E-state index in [1.54, 1.807) is 12.1 Å². The molecule has 1 aliphatic rings. The molecule has 0 saturated carbocycles. The van der Waals surface area contributed by atoms with Gasteiger partial charge in [-0.25, -0.2) is 0 Å². The van der Waals surface area contributed by atoms with Crippen molar-refractivity contribution in [3.8, 4) is 0 Å². The van der Waals surface area contributed by atoms with Crippen molar-refractivity contribution in [1.82, 2.24) is 0 Å². The van der Waals surface area contributed by atoms with E-state index in [1.807, 2.05) is 12.1 Å². The summed E-state index contributed by atoms with van der Waals surface area (Å²) in [7, 11) is 0. The van der Waals surface area contributed by atoms with Gasteiger partial charge in [0.2, 0.25) is 0 Å². The van der Waals surface area contributed by atoms with Crippen LogP contribution in [0.25, 0.3) is 0 Å². The third-order valence-corrected chi connectivity index (χ3v) is 4.62. The predicted molar refractivity (Wildman–Crippen MR) is 96.9 cm³/mol. The van der Waals surface area contributed by atoms with Gasteiger partial charge in [0.1, 0.15) is 0 Å². The third-order valence-electron chi connectivity index (χ3n) is 4.39. The molecule has 1 saturated heterocycles. The number of nitrogens with one attached hydrogen (secondary N) is 1. The largest absolute Gasteiger partial charge is 0.418 e. The minimum atomic E-state index is -4.61. The Morgan fingerprint density at radius 2 is 1.65 bits per heavy atom. The van der Waals surface area contributed by atoms with Crippen LogP contribution in [-0.4, -0.2) is 19.0 Å². The molecule has 138 valence electrons. The van der Waals surface area contributed by atoms with Gasteiger partial charge >= 0.3 is 6.18 Å². The van der Waals surface area contributed by atoms with Crippen molar-refractivity contribution in [3.05, 3.63) is 58.6 Å². The molecule has 7 heteroatoms. The van der Waals surface area contributed by atoms with Gasteiger partial charge in [-0.3, -0.25) is 4.79 Å². The summed E-state index contributed by atoms with van der Waals surface area (Å²) in [5, 5.41) is 2.29. The second-order valence-electron chi connectivity index (χ2n) is 6.24. The van der Waals surface area contributed by atoms with Gasteiger partial charge in [0.05, 0.1) is 11.3 Å². The SMILES string of the molecule is O=C(Nc1ccc(Cl)cc1C(F)(F)F)c1ccc(N2CCCCC2)cc1. The van der Waals surface area contributed by atoms with E-state index >= 15 is 0 Å². The first-order valence-electron chi connectivity index (χ1n) is 8.38. The number of nitrogens with zero attached hydrogens (tertiary/aromatic N) is 1. The molecular formula is C19H18ClF3N2O. The second kappa shape index (κ2) is 7.58. The number of piperidine rings is 1. The zero-order valence-electron chi connectivity index (χ0n) is 13.9. The van der Waals surface area contributed by atoms with Crippen molar-refractivity contribution < 1.29 is 18.0 Å². The molecule has 2 aromatic rings. The van der Waals surface area contributed by atoms with E-state index in [1.165, 1.54) is 12.5 Å². The van der Waals surface area contributed by atoms with E-state index in [0.29, 0.717) is 5.56 Å². The van der Waals surface area contributed by atoms with Gasteiger partial charge in [0.25, 0.3) is 5.91 Å². The van der Waals surface area contributed by atoms with Gasteiger partial charge in [-0.05, 0) is 61.7 Å². The molecule has 0 spiro atoms. The summed E-state index contributed by atoms with van der Waals surface area (Å²) in [5.74, 6) is -0.594. The van der Waals surface area contributed by atoms with E-state index in [0.717, 1.165) is 43.8 Å². The maximum atomic E-state index is 13.1. The molecule has 1 fully saturated rings. The standard InChI is InChI=1S/C19H18ClF3N2O/c20-14-6-9-17(16(12-14)19(21,22)23)24-18(26)13-4-7-15(8-5-13)25-10-2-1-3-11-25/h4-9,12H,1-3,10-11H2,(H,24,26). The fourth-order valence-electron chi connectivity index (χ4n) is 3.03. The molecule has 1 aliphatic heterocycles. The fourth-order valence-corrected chi connectivity index (χ4v) is 3.20. The van der Waals surface area contributed by atoms with E-state index in [4.69, 9.17) is 11.6 Å². The molecule has 1 N–H and O–H groups in total. The Kier molecular flexibility index (Phi) is 5.41. The Labute approximate surface area is 154 Å². The molecule has 0 unspecified atom stereocenters. The van der Waals surface area contributed by atoms with Crippen LogP contribution in [0.3, 0.4) is 0 Å². The summed E-state index contributed by atoms with van der Waals surface area (Å²) < 4.78 is 39.4. The van der Waals surface area contributed by atoms with E-state index in [9.17, 15) is 18.0 Å². The maximum absolute atomic E-state index is 13.1. The maximum Gasteiger partial charge on any atom is 0.418 e. The molecule has 1 amide bonds. The van der Waals surface area contributed by atoms with Crippen LogP contribution in [0.15, 0.2) is 42.5 Å². The number of rotatable bonds is 3. The summed E-state index contributed by atoms with van der Waals surface area (Å²) in [6, 6.07) is 10.2. The average molecular weight is 383 g/mol. The first-order chi connectivity index (χ1) is 12.3. The van der Waals surface area contributed by atoms with Crippen molar-refractivity contribution in [2.24, 2.45) is 0 Å². The van der Waals surface area contributed by atoms with E-state index < -0.39 is 17.6 Å². The molecule has 0 atom stereocenters. The third kappa shape index (κ3) is 4.30. The molecule has 1 heterocycles. The molecule has 0 aromatic heterocycles. The Bertz CT molecular complexity index is 784. The van der Waals surface area contributed by atoms with E-state index in [2.05, 4.69) is 10.2 Å². The summed E-state index contributed by atoms with van der Waals surface area (Å²) in [4.78, 5) is 14.6. The van der Waals surface area contributed by atoms with Gasteiger partial charge in [-0.15, -0.1) is 0 Å². The molecule has 3 rings (SSSR count). The lowest BCUT2D eigenvalue weighted by Gasteiger charge is -2.28. The van der Waals surface area contributed by atoms with Gasteiger partial charge in [0.15, 0.2) is 0 Å². The highest BCUT2D eigenvalue weighted by Crippen LogP contribution is 2.36. The minimum absolute atomic E-state index is 0.0405. The van der Waals surface area contributed by atoms with Crippen molar-refractivity contribution in [3.63, 3.8) is 0 Å². The Morgan fingerprint density at radius 3 is 2.27 bits per heavy atom. The van der Waals surface area contributed by atoms with Gasteiger partial charge in [-0.1, -0.05) is 11.6 Å². The van der Waals surface area contributed by atoms with Crippen LogP contribution in [-0.2, 0) is 6.18 Å². The van der Waals surface area contributed by atoms with Crippen LogP contribution in [0.5, 0.6) is 0 Å². The summed E-state index contributed by atoms with van der Waals surface area (Å²) in [6.45, 7) is 1.95. The highest BCUT2D eigenvalue weighted by atomic mass is 35.5. The molecule has 0 aliphatic carbocycles. The molecular weight excluding hydrogens is 365 g/mol. The number of benzene rings is 2. The zero-order chi connectivity index (χ0) is 18.7. The number of hydrogen-bond donors (Lipinski definition) is 1. The first-order valence-corrected chi connectivity index (χ1v) is 8.75. The van der Waals surface area contributed by atoms with Crippen LogP contribution in [0, 0.1) is 0 Å². The van der Waals surface area contributed by atoms with Crippen molar-refractivity contribution in [1.29, 1.82) is 0 Å². The van der Waals surface area contributed by atoms with Crippen LogP contribution in [0.4, 0.5) is 24.5 Å². The Balaban J connectivity index is 1.76. The lowest BCUT2D eigenvalue weighted by atomic mass is 10.1. The molecule has 0 bridgehead atoms. The number of anilines is 2. The second-order valence-corrected chi connectivity index (χ2v) is 6.67. The van der Waals surface area contributed by atoms with Crippen LogP contribution in [0.1, 0.15) is 35.2 Å². The predicted octanol–water partition coefficient (Wildman–Crippen LogP) is 5.60. The van der Waals surface area contributed by atoms with Crippen molar-refractivity contribution in [2.45, 2.75) is 25.4 Å². The minimum Gasteiger partial charge on any atom is -0.372 e. The van der Waals surface area contributed by atoms with Crippen molar-refractivity contribution >= 4 is 28.9 Å². The molecule has 3 nitrogen and oxygen atoms in total. The van der Waals surface area contributed by atoms with Crippen LogP contribution < -0.4 is 10.2 Å². The van der Waals surface area contributed by atoms with Gasteiger partial charge < -0.3 is 10.2 Å². The summed E-state index contributed by atoms with van der Waals surface area (Å²) >= 11 is 5.65. The van der Waals surface area contributed by atoms with Crippen molar-refractivity contribution in [2.75, 3.05) is 23.3 Å². The topological polar surface area (TPSA) is 32.3 Å². The average Bonchev–Trinajstić information content (AvgIpc) is 2.63. The quantitative estimate of drug-likeness (QED) is 0.749. The smallest absolute Gasteiger partial charge is 0.372 e. The summed E-state index contributed by atoms with van der Waals surface area (Å²) in [6.07, 6.45) is -1.11.